The van der Waals surface area contributed by atoms with Crippen LogP contribution in [0, 0.1) is 11.8 Å². The van der Waals surface area contributed by atoms with Gasteiger partial charge in [-0.05, 0) is 37.5 Å². The first-order valence-corrected chi connectivity index (χ1v) is 6.45. The van der Waals surface area contributed by atoms with E-state index in [0.717, 1.165) is 5.92 Å². The molecule has 0 aromatic rings. The van der Waals surface area contributed by atoms with Crippen LogP contribution in [-0.2, 0) is 4.74 Å². The Labute approximate surface area is 98.1 Å². The average molecular weight is 309 g/mol. The number of amides is 1. The highest BCUT2D eigenvalue weighted by atomic mass is 127. The normalized spacial score (nSPS) is 40.7. The Kier molecular flexibility index (Phi) is 3.19. The molecule has 0 radical (unpaired) electrons. The van der Waals surface area contributed by atoms with Gasteiger partial charge in [0.15, 0.2) is 0 Å². The number of carbonyl (C=O) groups is 1. The zero-order valence-electron chi connectivity index (χ0n) is 8.33. The van der Waals surface area contributed by atoms with Crippen molar-refractivity contribution in [3.8, 4) is 0 Å². The monoisotopic (exact) mass is 309 g/mol. The molecule has 1 N–H and O–H groups in total. The molecule has 3 nitrogen and oxygen atoms in total. The third kappa shape index (κ3) is 1.85. The maximum atomic E-state index is 11.2. The van der Waals surface area contributed by atoms with Gasteiger partial charge in [-0.15, -0.1) is 0 Å². The lowest BCUT2D eigenvalue weighted by atomic mass is 9.68. The van der Waals surface area contributed by atoms with Gasteiger partial charge >= 0.3 is 6.09 Å². The summed E-state index contributed by atoms with van der Waals surface area (Å²) in [5, 5.41) is 2.98. The molecule has 0 saturated heterocycles. The lowest BCUT2D eigenvalue weighted by Gasteiger charge is -2.46. The Bertz CT molecular complexity index is 224. The summed E-state index contributed by atoms with van der Waals surface area (Å²) >= 11 is 2.49. The van der Waals surface area contributed by atoms with E-state index in [2.05, 4.69) is 32.6 Å². The van der Waals surface area contributed by atoms with Gasteiger partial charge < -0.3 is 10.1 Å². The van der Waals surface area contributed by atoms with Gasteiger partial charge in [0, 0.05) is 9.97 Å². The summed E-state index contributed by atoms with van der Waals surface area (Å²) in [6, 6.07) is 0.343. The second kappa shape index (κ2) is 4.24. The minimum absolute atomic E-state index is 0.274. The number of ether oxygens (including phenoxy) is 1. The number of fused-ring (bicyclic) bond motifs is 3. The topological polar surface area (TPSA) is 38.3 Å². The van der Waals surface area contributed by atoms with Crippen molar-refractivity contribution in [3.63, 3.8) is 0 Å². The number of nitrogens with one attached hydrogen (secondary N) is 1. The van der Waals surface area contributed by atoms with Gasteiger partial charge in [-0.2, -0.15) is 0 Å². The van der Waals surface area contributed by atoms with E-state index in [0.29, 0.717) is 15.9 Å². The number of alkyl halides is 1. The summed E-state index contributed by atoms with van der Waals surface area (Å²) < 4.78 is 5.25. The summed E-state index contributed by atoms with van der Waals surface area (Å²) in [7, 11) is 1.43. The van der Waals surface area contributed by atoms with Crippen molar-refractivity contribution in [2.45, 2.75) is 35.6 Å². The molecule has 3 fully saturated rings. The van der Waals surface area contributed by atoms with Crippen LogP contribution in [0.1, 0.15) is 25.7 Å². The highest BCUT2D eigenvalue weighted by Crippen LogP contribution is 2.44. The molecule has 3 rings (SSSR count). The van der Waals surface area contributed by atoms with E-state index in [9.17, 15) is 4.79 Å². The van der Waals surface area contributed by atoms with Crippen LogP contribution < -0.4 is 5.32 Å². The van der Waals surface area contributed by atoms with E-state index >= 15 is 0 Å². The van der Waals surface area contributed by atoms with Crippen molar-refractivity contribution in [3.05, 3.63) is 0 Å². The van der Waals surface area contributed by atoms with Gasteiger partial charge in [-0.3, -0.25) is 0 Å². The highest BCUT2D eigenvalue weighted by Gasteiger charge is 2.42. The molecule has 0 aliphatic heterocycles. The molecule has 2 bridgehead atoms. The van der Waals surface area contributed by atoms with Crippen molar-refractivity contribution in [1.82, 2.24) is 5.32 Å². The first kappa shape index (κ1) is 10.5. The number of rotatable bonds is 1. The molecular formula is C10H16INO2. The Balaban J connectivity index is 2.00. The lowest BCUT2D eigenvalue weighted by molar-refractivity contribution is 0.120. The summed E-state index contributed by atoms with van der Waals surface area (Å²) in [6.45, 7) is 0. The van der Waals surface area contributed by atoms with Gasteiger partial charge in [0.25, 0.3) is 0 Å². The summed E-state index contributed by atoms with van der Waals surface area (Å²) in [5.41, 5.74) is 0. The van der Waals surface area contributed by atoms with Crippen molar-refractivity contribution in [2.24, 2.45) is 11.8 Å². The number of alkyl carbamates (subject to hydrolysis) is 1. The van der Waals surface area contributed by atoms with Gasteiger partial charge in [0.2, 0.25) is 0 Å². The second-order valence-electron chi connectivity index (χ2n) is 4.28. The fraction of sp³-hybridized carbons (Fsp3) is 0.900. The molecule has 0 spiro atoms. The highest BCUT2D eigenvalue weighted by molar-refractivity contribution is 14.1. The van der Waals surface area contributed by atoms with Crippen molar-refractivity contribution < 1.29 is 9.53 Å². The van der Waals surface area contributed by atoms with E-state index in [1.165, 1.54) is 32.8 Å². The Morgan fingerprint density at radius 1 is 1.29 bits per heavy atom. The smallest absolute Gasteiger partial charge is 0.407 e. The van der Waals surface area contributed by atoms with Crippen LogP contribution in [0.2, 0.25) is 0 Å². The number of carbonyl (C=O) groups excluding carboxylic acids is 1. The molecular weight excluding hydrogens is 293 g/mol. The maximum Gasteiger partial charge on any atom is 0.407 e. The minimum atomic E-state index is -0.274. The summed E-state index contributed by atoms with van der Waals surface area (Å²) in [6.07, 6.45) is 4.97. The van der Waals surface area contributed by atoms with Crippen LogP contribution in [0.4, 0.5) is 4.79 Å². The number of hydrogen-bond acceptors (Lipinski definition) is 2. The first-order valence-electron chi connectivity index (χ1n) is 5.21. The lowest BCUT2D eigenvalue weighted by Crippen LogP contribution is -2.54. The molecule has 1 amide bonds. The van der Waals surface area contributed by atoms with Crippen LogP contribution in [-0.4, -0.2) is 23.2 Å². The van der Waals surface area contributed by atoms with Gasteiger partial charge in [0.05, 0.1) is 7.11 Å². The summed E-state index contributed by atoms with van der Waals surface area (Å²) in [4.78, 5) is 11.2. The van der Waals surface area contributed by atoms with Crippen molar-refractivity contribution in [2.75, 3.05) is 7.11 Å². The molecule has 0 aromatic carbocycles. The molecule has 4 heteroatoms. The van der Waals surface area contributed by atoms with Crippen LogP contribution >= 0.6 is 22.6 Å². The fourth-order valence-electron chi connectivity index (χ4n) is 2.77. The van der Waals surface area contributed by atoms with Gasteiger partial charge in [0.1, 0.15) is 0 Å². The zero-order valence-corrected chi connectivity index (χ0v) is 10.5. The molecule has 0 unspecified atom stereocenters. The van der Waals surface area contributed by atoms with Gasteiger partial charge in [-0.25, -0.2) is 4.79 Å². The fourth-order valence-corrected chi connectivity index (χ4v) is 4.25. The molecule has 2 atom stereocenters. The van der Waals surface area contributed by atoms with E-state index in [4.69, 9.17) is 0 Å². The standard InChI is InChI=1S/C10H16INO2/c1-14-10(13)12-9-7-4-2-6(3-5-7)8(9)11/h6-9H,2-5H2,1H3,(H,12,13)/t6?,7?,8-,9-/m0/s1. The van der Waals surface area contributed by atoms with Crippen LogP contribution in [0.3, 0.4) is 0 Å². The molecule has 0 heterocycles. The Morgan fingerprint density at radius 2 is 1.86 bits per heavy atom. The maximum absolute atomic E-state index is 11.2. The van der Waals surface area contributed by atoms with E-state index in [1.54, 1.807) is 0 Å². The minimum Gasteiger partial charge on any atom is -0.453 e. The van der Waals surface area contributed by atoms with Crippen LogP contribution in [0.25, 0.3) is 0 Å². The number of hydrogen-bond donors (Lipinski definition) is 1. The molecule has 0 aromatic heterocycles. The van der Waals surface area contributed by atoms with E-state index < -0.39 is 0 Å². The number of halogens is 1. The quantitative estimate of drug-likeness (QED) is 0.596. The largest absolute Gasteiger partial charge is 0.453 e. The molecule has 3 aliphatic rings. The number of methoxy groups -OCH3 is 1. The Hall–Kier alpha value is 0. The predicted molar refractivity (Wildman–Crippen MR) is 62.6 cm³/mol. The van der Waals surface area contributed by atoms with E-state index in [1.807, 2.05) is 0 Å². The van der Waals surface area contributed by atoms with Crippen molar-refractivity contribution >= 4 is 28.7 Å². The van der Waals surface area contributed by atoms with Gasteiger partial charge in [-0.1, -0.05) is 22.6 Å². The second-order valence-corrected chi connectivity index (χ2v) is 5.72. The molecule has 3 aliphatic carbocycles. The zero-order chi connectivity index (χ0) is 10.1. The van der Waals surface area contributed by atoms with Crippen molar-refractivity contribution in [1.29, 1.82) is 0 Å². The predicted octanol–water partition coefficient (Wildman–Crippen LogP) is 2.33. The summed E-state index contributed by atoms with van der Waals surface area (Å²) in [5.74, 6) is 1.49. The third-order valence-electron chi connectivity index (χ3n) is 3.59. The Morgan fingerprint density at radius 3 is 2.36 bits per heavy atom. The molecule has 80 valence electrons. The van der Waals surface area contributed by atoms with Crippen LogP contribution in [0.5, 0.6) is 0 Å². The average Bonchev–Trinajstić information content (AvgIpc) is 2.23. The van der Waals surface area contributed by atoms with Crippen LogP contribution in [0.15, 0.2) is 0 Å². The molecule has 14 heavy (non-hydrogen) atoms. The van der Waals surface area contributed by atoms with E-state index in [-0.39, 0.29) is 6.09 Å². The third-order valence-corrected chi connectivity index (χ3v) is 5.38. The first-order chi connectivity index (χ1) is 6.72. The SMILES string of the molecule is COC(=O)N[C@H]1C2CCC(CC2)[C@@H]1I. The molecule has 3 saturated carbocycles.